The second-order valence-corrected chi connectivity index (χ2v) is 15.3. The van der Waals surface area contributed by atoms with Gasteiger partial charge in [0.25, 0.3) is 0 Å². The first-order valence-corrected chi connectivity index (χ1v) is 17.0. The summed E-state index contributed by atoms with van der Waals surface area (Å²) in [5.74, 6) is 2.25. The number of piperidine rings is 1. The molecular formula is C37H43BN4O6. The molecule has 11 heteroatoms. The molecule has 10 nitrogen and oxygen atoms in total. The summed E-state index contributed by atoms with van der Waals surface area (Å²) in [5, 5.41) is 4.89. The highest BCUT2D eigenvalue weighted by Crippen LogP contribution is 2.57. The Morgan fingerprint density at radius 2 is 1.81 bits per heavy atom. The Hall–Kier alpha value is -4.09. The quantitative estimate of drug-likeness (QED) is 0.260. The Bertz CT molecular complexity index is 1970. The fraction of sp³-hybridized carbons (Fsp3) is 0.486. The third-order valence-corrected chi connectivity index (χ3v) is 11.5. The number of hydrogen-bond acceptors (Lipinski definition) is 7. The molecule has 2 N–H and O–H groups in total. The van der Waals surface area contributed by atoms with Crippen LogP contribution in [0.3, 0.4) is 0 Å². The van der Waals surface area contributed by atoms with Gasteiger partial charge in [-0.25, -0.2) is 9.78 Å². The van der Waals surface area contributed by atoms with Gasteiger partial charge in [0.05, 0.1) is 35.4 Å². The predicted molar refractivity (Wildman–Crippen MR) is 184 cm³/mol. The van der Waals surface area contributed by atoms with E-state index in [9.17, 15) is 9.59 Å². The minimum absolute atomic E-state index is 0.0888. The maximum Gasteiger partial charge on any atom is 0.494 e. The van der Waals surface area contributed by atoms with Crippen LogP contribution in [0.2, 0.25) is 0 Å². The average Bonchev–Trinajstić information content (AvgIpc) is 3.38. The monoisotopic (exact) mass is 650 g/mol. The van der Waals surface area contributed by atoms with Gasteiger partial charge in [-0.05, 0) is 98.1 Å². The Kier molecular flexibility index (Phi) is 6.96. The van der Waals surface area contributed by atoms with E-state index in [0.717, 1.165) is 62.0 Å². The van der Waals surface area contributed by atoms with Crippen molar-refractivity contribution >= 4 is 46.4 Å². The van der Waals surface area contributed by atoms with Crippen LogP contribution in [0.1, 0.15) is 72.3 Å². The lowest BCUT2D eigenvalue weighted by atomic mass is 9.78. The van der Waals surface area contributed by atoms with Gasteiger partial charge in [0.1, 0.15) is 24.2 Å². The Morgan fingerprint density at radius 1 is 1.06 bits per heavy atom. The smallest absolute Gasteiger partial charge is 0.488 e. The van der Waals surface area contributed by atoms with Crippen molar-refractivity contribution in [2.24, 2.45) is 17.8 Å². The lowest BCUT2D eigenvalue weighted by molar-refractivity contribution is -0.137. The van der Waals surface area contributed by atoms with Gasteiger partial charge in [-0.3, -0.25) is 4.79 Å². The molecule has 3 aromatic carbocycles. The summed E-state index contributed by atoms with van der Waals surface area (Å²) in [6.45, 7) is 14.7. The molecule has 48 heavy (non-hydrogen) atoms. The van der Waals surface area contributed by atoms with Crippen molar-refractivity contribution in [2.45, 2.75) is 90.8 Å². The number of hydrogen-bond donors (Lipinski definition) is 2. The topological polar surface area (TPSA) is 115 Å². The number of H-pyrrole nitrogens is 1. The SMILES string of the molecule is COC(=O)N[C@H](C(=O)N1[C@@H]2[C@H](C)[C@@H]2C[C@H]1c1nc2c(ccc3cc4c(cc32)COc2cc(B3OC(C)(C)C(C)(C)O3)ccc2-4)[nH]1)C(C)C. The number of amides is 2. The number of carbonyl (C=O) groups is 2. The van der Waals surface area contributed by atoms with Crippen LogP contribution in [-0.4, -0.2) is 64.4 Å². The lowest BCUT2D eigenvalue weighted by Crippen LogP contribution is -2.52. The molecule has 3 aliphatic heterocycles. The second-order valence-electron chi connectivity index (χ2n) is 15.3. The van der Waals surface area contributed by atoms with E-state index in [2.05, 4.69) is 81.3 Å². The zero-order valence-electron chi connectivity index (χ0n) is 28.8. The molecule has 2 amide bonds. The van der Waals surface area contributed by atoms with Crippen molar-refractivity contribution in [3.8, 4) is 16.9 Å². The molecule has 4 aliphatic rings. The number of ether oxygens (including phenoxy) is 2. The highest BCUT2D eigenvalue weighted by molar-refractivity contribution is 6.62. The van der Waals surface area contributed by atoms with Gasteiger partial charge < -0.3 is 34.0 Å². The van der Waals surface area contributed by atoms with Gasteiger partial charge in [0, 0.05) is 17.0 Å². The number of imidazole rings is 1. The summed E-state index contributed by atoms with van der Waals surface area (Å²) in [5.41, 5.74) is 5.18. The summed E-state index contributed by atoms with van der Waals surface area (Å²) in [6, 6.07) is 14.1. The number of likely N-dealkylation sites (tertiary alicyclic amines) is 1. The highest BCUT2D eigenvalue weighted by Gasteiger charge is 2.61. The van der Waals surface area contributed by atoms with Gasteiger partial charge in [0.2, 0.25) is 5.91 Å². The second kappa shape index (κ2) is 10.7. The summed E-state index contributed by atoms with van der Waals surface area (Å²) in [7, 11) is 0.860. The molecule has 4 heterocycles. The number of aromatic nitrogens is 2. The van der Waals surface area contributed by atoms with Crippen molar-refractivity contribution in [1.29, 1.82) is 0 Å². The fourth-order valence-corrected chi connectivity index (χ4v) is 7.92. The van der Waals surface area contributed by atoms with Crippen molar-refractivity contribution in [3.63, 3.8) is 0 Å². The molecule has 0 unspecified atom stereocenters. The standard InChI is InChI=1S/C37H43BN4O6/c1-18(2)30(41-35(44)45-8)34(43)42-28(16-24-19(3)32(24)42)33-39-27-12-9-20-13-25-21(14-26(20)31(27)40-33)17-46-29-15-22(10-11-23(25)29)38-47-36(4,5)37(6,7)48-38/h9-15,18-19,24,28,30,32H,16-17H2,1-8H3,(H,39,40)(H,41,44)/t19-,24+,28+,30+,32-/m1/s1. The highest BCUT2D eigenvalue weighted by atomic mass is 16.7. The van der Waals surface area contributed by atoms with Crippen molar-refractivity contribution < 1.29 is 28.4 Å². The normalized spacial score (nSPS) is 25.4. The molecule has 250 valence electrons. The number of alkyl carbamates (subject to hydrolysis) is 1. The molecule has 2 saturated heterocycles. The van der Waals surface area contributed by atoms with E-state index in [1.165, 1.54) is 7.11 Å². The number of rotatable bonds is 5. The number of fused-ring (bicyclic) bond motifs is 7. The van der Waals surface area contributed by atoms with Gasteiger partial charge in [-0.1, -0.05) is 39.0 Å². The van der Waals surface area contributed by atoms with Gasteiger partial charge in [0.15, 0.2) is 0 Å². The van der Waals surface area contributed by atoms with E-state index in [1.807, 2.05) is 24.8 Å². The molecule has 1 aliphatic carbocycles. The molecule has 3 fully saturated rings. The molecule has 0 spiro atoms. The van der Waals surface area contributed by atoms with E-state index in [4.69, 9.17) is 23.8 Å². The molecule has 0 radical (unpaired) electrons. The number of methoxy groups -OCH3 is 1. The Balaban J connectivity index is 1.12. The van der Waals surface area contributed by atoms with Crippen LogP contribution in [0.25, 0.3) is 32.9 Å². The number of nitrogens with one attached hydrogen (secondary N) is 2. The molecule has 4 aromatic rings. The molecule has 8 rings (SSSR count). The number of benzene rings is 3. The molecular weight excluding hydrogens is 607 g/mol. The summed E-state index contributed by atoms with van der Waals surface area (Å²) in [6.07, 6.45) is 0.237. The van der Waals surface area contributed by atoms with Crippen LogP contribution in [0, 0.1) is 17.8 Å². The van der Waals surface area contributed by atoms with Crippen LogP contribution in [0.4, 0.5) is 4.79 Å². The third-order valence-electron chi connectivity index (χ3n) is 11.5. The predicted octanol–water partition coefficient (Wildman–Crippen LogP) is 5.86. The molecule has 5 atom stereocenters. The van der Waals surface area contributed by atoms with Crippen LogP contribution < -0.4 is 15.5 Å². The average molecular weight is 651 g/mol. The summed E-state index contributed by atoms with van der Waals surface area (Å²) >= 11 is 0. The number of carbonyl (C=O) groups excluding carboxylic acids is 2. The van der Waals surface area contributed by atoms with Crippen LogP contribution in [-0.2, 0) is 25.4 Å². The largest absolute Gasteiger partial charge is 0.494 e. The van der Waals surface area contributed by atoms with E-state index in [0.29, 0.717) is 18.4 Å². The number of aromatic amines is 1. The van der Waals surface area contributed by atoms with Crippen LogP contribution in [0.5, 0.6) is 5.75 Å². The first kappa shape index (κ1) is 31.2. The molecule has 1 aromatic heterocycles. The van der Waals surface area contributed by atoms with Crippen LogP contribution >= 0.6 is 0 Å². The lowest BCUT2D eigenvalue weighted by Gasteiger charge is -2.32. The molecule has 0 bridgehead atoms. The van der Waals surface area contributed by atoms with E-state index >= 15 is 0 Å². The first-order valence-electron chi connectivity index (χ1n) is 17.0. The minimum Gasteiger partial charge on any atom is -0.488 e. The minimum atomic E-state index is -0.681. The third kappa shape index (κ3) is 4.72. The number of nitrogens with zero attached hydrogens (tertiary/aromatic N) is 2. The van der Waals surface area contributed by atoms with Crippen molar-refractivity contribution in [1.82, 2.24) is 20.2 Å². The fourth-order valence-electron chi connectivity index (χ4n) is 7.92. The summed E-state index contributed by atoms with van der Waals surface area (Å²) in [4.78, 5) is 36.9. The summed E-state index contributed by atoms with van der Waals surface area (Å²) < 4.78 is 23.7. The van der Waals surface area contributed by atoms with E-state index < -0.39 is 30.5 Å². The van der Waals surface area contributed by atoms with Crippen molar-refractivity contribution in [2.75, 3.05) is 7.11 Å². The van der Waals surface area contributed by atoms with Gasteiger partial charge >= 0.3 is 13.2 Å². The Labute approximate surface area is 281 Å². The van der Waals surface area contributed by atoms with E-state index in [-0.39, 0.29) is 23.9 Å². The van der Waals surface area contributed by atoms with E-state index in [1.54, 1.807) is 0 Å². The van der Waals surface area contributed by atoms with Crippen LogP contribution in [0.15, 0.2) is 42.5 Å². The first-order chi connectivity index (χ1) is 22.8. The van der Waals surface area contributed by atoms with Gasteiger partial charge in [-0.2, -0.15) is 0 Å². The Morgan fingerprint density at radius 3 is 2.52 bits per heavy atom. The zero-order valence-corrected chi connectivity index (χ0v) is 28.8. The van der Waals surface area contributed by atoms with Gasteiger partial charge in [-0.15, -0.1) is 0 Å². The zero-order chi connectivity index (χ0) is 33.9. The maximum atomic E-state index is 14.0. The van der Waals surface area contributed by atoms with Crippen molar-refractivity contribution in [3.05, 3.63) is 53.9 Å². The maximum absolute atomic E-state index is 14.0. The molecule has 1 saturated carbocycles.